The lowest BCUT2D eigenvalue weighted by molar-refractivity contribution is -0.131. The van der Waals surface area contributed by atoms with Gasteiger partial charge in [-0.15, -0.1) is 0 Å². The van der Waals surface area contributed by atoms with Crippen LogP contribution in [0.5, 0.6) is 0 Å². The van der Waals surface area contributed by atoms with Crippen LogP contribution >= 0.6 is 0 Å². The minimum Gasteiger partial charge on any atom is -0.478 e. The first-order valence-electron chi connectivity index (χ1n) is 5.27. The molecule has 1 aromatic carbocycles. The molecule has 0 fully saturated rings. The fourth-order valence-electron chi connectivity index (χ4n) is 1.89. The van der Waals surface area contributed by atoms with Crippen LogP contribution in [0.3, 0.4) is 0 Å². The summed E-state index contributed by atoms with van der Waals surface area (Å²) in [6, 6.07) is 3.37. The van der Waals surface area contributed by atoms with Gasteiger partial charge in [-0.2, -0.15) is 0 Å². The van der Waals surface area contributed by atoms with Crippen molar-refractivity contribution in [1.82, 2.24) is 0 Å². The molecule has 18 heavy (non-hydrogen) atoms. The number of aliphatic carboxylic acids is 1. The van der Waals surface area contributed by atoms with E-state index < -0.39 is 29.7 Å². The maximum absolute atomic E-state index is 13.8. The third-order valence-electron chi connectivity index (χ3n) is 2.69. The van der Waals surface area contributed by atoms with Crippen LogP contribution in [0.1, 0.15) is 12.0 Å². The molecule has 0 amide bonds. The Hall–Kier alpha value is -1.98. The number of fused-ring (bicyclic) bond motifs is 1. The van der Waals surface area contributed by atoms with E-state index in [2.05, 4.69) is 5.32 Å². The lowest BCUT2D eigenvalue weighted by Crippen LogP contribution is -2.20. The van der Waals surface area contributed by atoms with Crippen LogP contribution in [-0.4, -0.2) is 23.5 Å². The lowest BCUT2D eigenvalue weighted by atomic mass is 9.97. The monoisotopic (exact) mass is 257 g/mol. The zero-order chi connectivity index (χ0) is 13.3. The van der Waals surface area contributed by atoms with E-state index in [0.717, 1.165) is 12.1 Å². The minimum atomic E-state index is -3.30. The van der Waals surface area contributed by atoms with Gasteiger partial charge in [-0.3, -0.25) is 0 Å². The van der Waals surface area contributed by atoms with E-state index in [1.165, 1.54) is 6.07 Å². The van der Waals surface area contributed by atoms with Crippen molar-refractivity contribution in [2.75, 3.05) is 11.9 Å². The summed E-state index contributed by atoms with van der Waals surface area (Å²) in [5.74, 6) is -5.48. The highest BCUT2D eigenvalue weighted by Crippen LogP contribution is 2.41. The minimum absolute atomic E-state index is 0.0113. The molecule has 96 valence electrons. The van der Waals surface area contributed by atoms with Crippen LogP contribution < -0.4 is 5.32 Å². The molecule has 0 bridgehead atoms. The number of halogens is 3. The molecular formula is C12H10F3NO2. The standard InChI is InChI=1S/C12H10F3NO2/c13-7-1-2-10-8(5-7)9(6-11(17)18)12(14,15)3-4-16-10/h1-2,5-6,16H,3-4H2,(H,17,18)/b9-6-. The summed E-state index contributed by atoms with van der Waals surface area (Å²) in [6.07, 6.45) is -0.103. The Morgan fingerprint density at radius 1 is 1.44 bits per heavy atom. The Morgan fingerprint density at radius 3 is 2.83 bits per heavy atom. The Morgan fingerprint density at radius 2 is 2.17 bits per heavy atom. The van der Waals surface area contributed by atoms with E-state index in [1.54, 1.807) is 0 Å². The number of anilines is 1. The van der Waals surface area contributed by atoms with Gasteiger partial charge in [0.05, 0.1) is 0 Å². The van der Waals surface area contributed by atoms with E-state index in [4.69, 9.17) is 5.11 Å². The summed E-state index contributed by atoms with van der Waals surface area (Å²) >= 11 is 0. The van der Waals surface area contributed by atoms with E-state index in [1.807, 2.05) is 0 Å². The molecule has 0 aromatic heterocycles. The predicted octanol–water partition coefficient (Wildman–Crippen LogP) is 2.74. The number of hydrogen-bond donors (Lipinski definition) is 2. The van der Waals surface area contributed by atoms with Gasteiger partial charge in [-0.25, -0.2) is 18.0 Å². The number of allylic oxidation sites excluding steroid dienone is 1. The quantitative estimate of drug-likeness (QED) is 0.760. The molecule has 1 aliphatic rings. The highest BCUT2D eigenvalue weighted by atomic mass is 19.3. The topological polar surface area (TPSA) is 49.3 Å². The molecule has 1 aliphatic heterocycles. The van der Waals surface area contributed by atoms with Crippen molar-refractivity contribution in [3.05, 3.63) is 35.7 Å². The summed E-state index contributed by atoms with van der Waals surface area (Å²) in [7, 11) is 0. The van der Waals surface area contributed by atoms with Crippen molar-refractivity contribution in [3.8, 4) is 0 Å². The fraction of sp³-hybridized carbons (Fsp3) is 0.250. The Kier molecular flexibility index (Phi) is 3.02. The van der Waals surface area contributed by atoms with Gasteiger partial charge < -0.3 is 10.4 Å². The molecule has 0 atom stereocenters. The summed E-state index contributed by atoms with van der Waals surface area (Å²) in [4.78, 5) is 10.6. The summed E-state index contributed by atoms with van der Waals surface area (Å²) < 4.78 is 40.8. The number of carboxylic acids is 1. The summed E-state index contributed by atoms with van der Waals surface area (Å²) in [6.45, 7) is -0.0113. The normalized spacial score (nSPS) is 19.8. The number of carboxylic acid groups (broad SMARTS) is 1. The van der Waals surface area contributed by atoms with E-state index in [-0.39, 0.29) is 12.1 Å². The molecule has 0 saturated heterocycles. The molecule has 2 N–H and O–H groups in total. The van der Waals surface area contributed by atoms with Crippen molar-refractivity contribution >= 4 is 17.2 Å². The Balaban J connectivity index is 2.65. The third-order valence-corrected chi connectivity index (χ3v) is 2.69. The van der Waals surface area contributed by atoms with Crippen LogP contribution in [0.25, 0.3) is 5.57 Å². The maximum atomic E-state index is 13.8. The van der Waals surface area contributed by atoms with E-state index in [0.29, 0.717) is 11.8 Å². The van der Waals surface area contributed by atoms with E-state index in [9.17, 15) is 18.0 Å². The summed E-state index contributed by atoms with van der Waals surface area (Å²) in [5, 5.41) is 11.4. The maximum Gasteiger partial charge on any atom is 0.328 e. The number of benzene rings is 1. The van der Waals surface area contributed by atoms with Gasteiger partial charge in [-0.1, -0.05) is 0 Å². The molecule has 1 aromatic rings. The van der Waals surface area contributed by atoms with Crippen molar-refractivity contribution in [1.29, 1.82) is 0 Å². The van der Waals surface area contributed by atoms with Crippen LogP contribution in [0.2, 0.25) is 0 Å². The molecule has 0 unspecified atom stereocenters. The number of rotatable bonds is 1. The molecule has 0 saturated carbocycles. The highest BCUT2D eigenvalue weighted by Gasteiger charge is 2.38. The first kappa shape index (κ1) is 12.5. The van der Waals surface area contributed by atoms with Gasteiger partial charge >= 0.3 is 5.97 Å². The second-order valence-electron chi connectivity index (χ2n) is 3.97. The number of nitrogens with one attached hydrogen (secondary N) is 1. The fourth-order valence-corrected chi connectivity index (χ4v) is 1.89. The highest BCUT2D eigenvalue weighted by molar-refractivity contribution is 5.94. The Labute approximate surface area is 101 Å². The average Bonchev–Trinajstić information content (AvgIpc) is 2.37. The summed E-state index contributed by atoms with van der Waals surface area (Å²) in [5.41, 5.74) is -0.476. The molecule has 1 heterocycles. The van der Waals surface area contributed by atoms with Crippen molar-refractivity contribution < 1.29 is 23.1 Å². The van der Waals surface area contributed by atoms with Crippen molar-refractivity contribution in [2.45, 2.75) is 12.3 Å². The van der Waals surface area contributed by atoms with Crippen LogP contribution in [0.4, 0.5) is 18.9 Å². The smallest absolute Gasteiger partial charge is 0.328 e. The average molecular weight is 257 g/mol. The van der Waals surface area contributed by atoms with E-state index >= 15 is 0 Å². The Bertz CT molecular complexity index is 526. The molecule has 0 spiro atoms. The second-order valence-corrected chi connectivity index (χ2v) is 3.97. The molecule has 0 aliphatic carbocycles. The molecular weight excluding hydrogens is 247 g/mol. The molecule has 0 radical (unpaired) electrons. The van der Waals surface area contributed by atoms with Gasteiger partial charge in [0, 0.05) is 35.9 Å². The predicted molar refractivity (Wildman–Crippen MR) is 60.1 cm³/mol. The number of carbonyl (C=O) groups is 1. The van der Waals surface area contributed by atoms with Crippen molar-refractivity contribution in [2.24, 2.45) is 0 Å². The second kappa shape index (κ2) is 4.36. The SMILES string of the molecule is O=C(O)/C=C1/c2cc(F)ccc2NCCC1(F)F. The number of hydrogen-bond acceptors (Lipinski definition) is 2. The molecule has 3 nitrogen and oxygen atoms in total. The van der Waals surface area contributed by atoms with Gasteiger partial charge in [0.15, 0.2) is 0 Å². The van der Waals surface area contributed by atoms with Crippen LogP contribution in [0.15, 0.2) is 24.3 Å². The largest absolute Gasteiger partial charge is 0.478 e. The zero-order valence-electron chi connectivity index (χ0n) is 9.21. The zero-order valence-corrected chi connectivity index (χ0v) is 9.21. The third kappa shape index (κ3) is 2.32. The van der Waals surface area contributed by atoms with Crippen molar-refractivity contribution in [3.63, 3.8) is 0 Å². The van der Waals surface area contributed by atoms with Crippen LogP contribution in [0, 0.1) is 5.82 Å². The first-order chi connectivity index (χ1) is 8.40. The molecule has 2 rings (SSSR count). The van der Waals surface area contributed by atoms with Gasteiger partial charge in [0.25, 0.3) is 5.92 Å². The van der Waals surface area contributed by atoms with Gasteiger partial charge in [0.2, 0.25) is 0 Å². The lowest BCUT2D eigenvalue weighted by Gasteiger charge is -2.17. The number of alkyl halides is 2. The first-order valence-corrected chi connectivity index (χ1v) is 5.27. The molecule has 6 heteroatoms. The van der Waals surface area contributed by atoms with Crippen LogP contribution in [-0.2, 0) is 4.79 Å². The van der Waals surface area contributed by atoms with Gasteiger partial charge in [0.1, 0.15) is 5.82 Å². The van der Waals surface area contributed by atoms with Gasteiger partial charge in [-0.05, 0) is 18.2 Å².